The highest BCUT2D eigenvalue weighted by atomic mass is 16.1. The summed E-state index contributed by atoms with van der Waals surface area (Å²) in [4.78, 5) is 32.0. The van der Waals surface area contributed by atoms with Crippen molar-refractivity contribution in [2.75, 3.05) is 0 Å². The first kappa shape index (κ1) is 9.17. The van der Waals surface area contributed by atoms with Crippen LogP contribution in [0.4, 0.5) is 0 Å². The standard InChI is InChI=1S/C8H11BO3/c10-5-8(6-11)3-1-2-4-9(8)7-12/h5-7H,1-4H2. The van der Waals surface area contributed by atoms with Crippen LogP contribution in [0.3, 0.4) is 0 Å². The predicted molar refractivity (Wildman–Crippen MR) is 46.0 cm³/mol. The molecule has 1 aliphatic rings. The van der Waals surface area contributed by atoms with Crippen LogP contribution in [0.2, 0.25) is 11.6 Å². The Morgan fingerprint density at radius 3 is 2.17 bits per heavy atom. The van der Waals surface area contributed by atoms with Gasteiger partial charge in [-0.25, -0.2) is 0 Å². The summed E-state index contributed by atoms with van der Waals surface area (Å²) in [5.41, 5.74) is 0. The van der Waals surface area contributed by atoms with E-state index < -0.39 is 5.31 Å². The summed E-state index contributed by atoms with van der Waals surface area (Å²) < 4.78 is 0. The van der Waals surface area contributed by atoms with Crippen LogP contribution in [0.1, 0.15) is 19.3 Å². The van der Waals surface area contributed by atoms with Crippen molar-refractivity contribution < 1.29 is 14.4 Å². The van der Waals surface area contributed by atoms with Gasteiger partial charge in [0.25, 0.3) is 0 Å². The molecule has 64 valence electrons. The minimum absolute atomic E-state index is 0.388. The quantitative estimate of drug-likeness (QED) is 0.350. The maximum absolute atomic E-state index is 10.7. The fourth-order valence-electron chi connectivity index (χ4n) is 1.76. The molecule has 0 aromatic heterocycles. The number of hydrogen-bond acceptors (Lipinski definition) is 3. The van der Waals surface area contributed by atoms with Crippen molar-refractivity contribution in [3.05, 3.63) is 0 Å². The van der Waals surface area contributed by atoms with Gasteiger partial charge in [-0.1, -0.05) is 19.2 Å². The largest absolute Gasteiger partial charge is 0.315 e. The van der Waals surface area contributed by atoms with Crippen LogP contribution < -0.4 is 0 Å². The molecular weight excluding hydrogens is 155 g/mol. The highest BCUT2D eigenvalue weighted by molar-refractivity contribution is 6.91. The van der Waals surface area contributed by atoms with Gasteiger partial charge >= 0.3 is 0 Å². The SMILES string of the molecule is O=CB1CCCCC1(C=O)C=O. The van der Waals surface area contributed by atoms with E-state index in [1.54, 1.807) is 0 Å². The van der Waals surface area contributed by atoms with Crippen LogP contribution in [0.15, 0.2) is 0 Å². The van der Waals surface area contributed by atoms with Gasteiger partial charge < -0.3 is 14.4 Å². The molecule has 1 fully saturated rings. The molecule has 0 aliphatic carbocycles. The molecule has 0 aromatic rings. The molecule has 1 saturated heterocycles. The summed E-state index contributed by atoms with van der Waals surface area (Å²) in [6, 6.07) is 0. The first-order valence-corrected chi connectivity index (χ1v) is 4.17. The Labute approximate surface area is 71.6 Å². The second-order valence-corrected chi connectivity index (χ2v) is 3.34. The van der Waals surface area contributed by atoms with E-state index in [-0.39, 0.29) is 6.71 Å². The number of aldehydes is 2. The smallest absolute Gasteiger partial charge is 0.241 e. The Morgan fingerprint density at radius 2 is 1.75 bits per heavy atom. The van der Waals surface area contributed by atoms with Gasteiger partial charge in [-0.05, 0) is 6.42 Å². The summed E-state index contributed by atoms with van der Waals surface area (Å²) in [6.45, 7) is -0.388. The van der Waals surface area contributed by atoms with Crippen molar-refractivity contribution in [2.24, 2.45) is 0 Å². The maximum atomic E-state index is 10.7. The zero-order valence-electron chi connectivity index (χ0n) is 6.86. The van der Waals surface area contributed by atoms with Gasteiger partial charge in [0.05, 0.1) is 11.5 Å². The summed E-state index contributed by atoms with van der Waals surface area (Å²) in [5, 5.41) is -1.00. The minimum atomic E-state index is -1.00. The Bertz CT molecular complexity index is 194. The second kappa shape index (κ2) is 3.65. The normalized spacial score (nSPS) is 21.5. The van der Waals surface area contributed by atoms with Crippen LogP contribution in [-0.2, 0) is 14.4 Å². The third-order valence-corrected chi connectivity index (χ3v) is 2.67. The zero-order chi connectivity index (χ0) is 9.03. The lowest BCUT2D eigenvalue weighted by molar-refractivity contribution is -0.118. The summed E-state index contributed by atoms with van der Waals surface area (Å²) >= 11 is 0. The van der Waals surface area contributed by atoms with Crippen molar-refractivity contribution in [1.82, 2.24) is 0 Å². The molecule has 1 heterocycles. The highest BCUT2D eigenvalue weighted by Crippen LogP contribution is 2.37. The Kier molecular flexibility index (Phi) is 2.79. The maximum Gasteiger partial charge on any atom is 0.241 e. The number of hydrogen-bond donors (Lipinski definition) is 0. The highest BCUT2D eigenvalue weighted by Gasteiger charge is 2.43. The van der Waals surface area contributed by atoms with Crippen molar-refractivity contribution >= 4 is 25.5 Å². The fraction of sp³-hybridized carbons (Fsp3) is 0.625. The summed E-state index contributed by atoms with van der Waals surface area (Å²) in [5.74, 6) is 0. The van der Waals surface area contributed by atoms with Gasteiger partial charge in [0.1, 0.15) is 12.6 Å². The molecule has 1 rings (SSSR count). The Hall–Kier alpha value is -0.925. The van der Waals surface area contributed by atoms with Crippen molar-refractivity contribution in [3.8, 4) is 0 Å². The fourth-order valence-corrected chi connectivity index (χ4v) is 1.76. The number of carbonyl (C=O) groups excluding carboxylic acids is 3. The lowest BCUT2D eigenvalue weighted by atomic mass is 9.30. The van der Waals surface area contributed by atoms with Crippen molar-refractivity contribution in [1.29, 1.82) is 0 Å². The zero-order valence-corrected chi connectivity index (χ0v) is 6.86. The van der Waals surface area contributed by atoms with Crippen LogP contribution in [0.5, 0.6) is 0 Å². The predicted octanol–water partition coefficient (Wildman–Crippen LogP) is 0.575. The second-order valence-electron chi connectivity index (χ2n) is 3.34. The van der Waals surface area contributed by atoms with E-state index in [0.29, 0.717) is 25.3 Å². The molecule has 3 nitrogen and oxygen atoms in total. The molecule has 0 radical (unpaired) electrons. The number of rotatable bonds is 3. The third kappa shape index (κ3) is 1.33. The Morgan fingerprint density at radius 1 is 1.08 bits per heavy atom. The van der Waals surface area contributed by atoms with E-state index in [2.05, 4.69) is 0 Å². The van der Waals surface area contributed by atoms with E-state index in [1.807, 2.05) is 0 Å². The van der Waals surface area contributed by atoms with Gasteiger partial charge in [0, 0.05) is 0 Å². The van der Waals surface area contributed by atoms with Crippen molar-refractivity contribution in [2.45, 2.75) is 30.9 Å². The van der Waals surface area contributed by atoms with Gasteiger partial charge in [-0.3, -0.25) is 0 Å². The molecule has 0 bridgehead atoms. The van der Waals surface area contributed by atoms with E-state index >= 15 is 0 Å². The molecule has 0 aromatic carbocycles. The van der Waals surface area contributed by atoms with Crippen LogP contribution in [0.25, 0.3) is 0 Å². The van der Waals surface area contributed by atoms with Gasteiger partial charge in [-0.15, -0.1) is 0 Å². The van der Waals surface area contributed by atoms with Crippen LogP contribution in [0, 0.1) is 0 Å². The Balaban J connectivity index is 2.86. The molecule has 0 saturated carbocycles. The van der Waals surface area contributed by atoms with Gasteiger partial charge in [0.2, 0.25) is 6.71 Å². The molecule has 1 aliphatic heterocycles. The van der Waals surface area contributed by atoms with Gasteiger partial charge in [0.15, 0.2) is 0 Å². The summed E-state index contributed by atoms with van der Waals surface area (Å²) in [7, 11) is 0. The van der Waals surface area contributed by atoms with Crippen LogP contribution >= 0.6 is 0 Å². The lowest BCUT2D eigenvalue weighted by Gasteiger charge is -2.29. The summed E-state index contributed by atoms with van der Waals surface area (Å²) in [6.07, 6.45) is 5.01. The molecule has 0 N–H and O–H groups in total. The lowest BCUT2D eigenvalue weighted by Crippen LogP contribution is -2.39. The minimum Gasteiger partial charge on any atom is -0.315 e. The topological polar surface area (TPSA) is 51.2 Å². The number of carbonyl (C=O) groups is 3. The molecular formula is C8H11BO3. The average molecular weight is 166 g/mol. The van der Waals surface area contributed by atoms with E-state index in [4.69, 9.17) is 0 Å². The molecule has 0 atom stereocenters. The first-order chi connectivity index (χ1) is 5.79. The van der Waals surface area contributed by atoms with Gasteiger partial charge in [-0.2, -0.15) is 0 Å². The average Bonchev–Trinajstić information content (AvgIpc) is 2.17. The first-order valence-electron chi connectivity index (χ1n) is 4.17. The molecule has 0 unspecified atom stereocenters. The third-order valence-electron chi connectivity index (χ3n) is 2.67. The van der Waals surface area contributed by atoms with E-state index in [1.165, 1.54) is 0 Å². The molecule has 4 heteroatoms. The molecule has 12 heavy (non-hydrogen) atoms. The van der Waals surface area contributed by atoms with E-state index in [0.717, 1.165) is 19.0 Å². The molecule has 0 spiro atoms. The molecule has 0 amide bonds. The van der Waals surface area contributed by atoms with Crippen molar-refractivity contribution in [3.63, 3.8) is 0 Å². The monoisotopic (exact) mass is 166 g/mol. The van der Waals surface area contributed by atoms with E-state index in [9.17, 15) is 14.4 Å². The van der Waals surface area contributed by atoms with Crippen LogP contribution in [-0.4, -0.2) is 25.5 Å².